The van der Waals surface area contributed by atoms with Crippen LogP contribution in [0.25, 0.3) is 0 Å². The number of amides is 1. The van der Waals surface area contributed by atoms with Gasteiger partial charge in [0.1, 0.15) is 0 Å². The number of carbonyl (C=O) groups is 1. The first-order valence-electron chi connectivity index (χ1n) is 8.42. The Bertz CT molecular complexity index is 702. The fraction of sp³-hybridized carbons (Fsp3) is 0.500. The Balaban J connectivity index is 1.79. The van der Waals surface area contributed by atoms with Crippen LogP contribution in [0.2, 0.25) is 0 Å². The molecule has 1 aliphatic carbocycles. The summed E-state index contributed by atoms with van der Waals surface area (Å²) < 4.78 is 5.41. The van der Waals surface area contributed by atoms with E-state index in [-0.39, 0.29) is 11.9 Å². The minimum atomic E-state index is -0.463. The van der Waals surface area contributed by atoms with Crippen molar-refractivity contribution in [1.82, 2.24) is 15.5 Å². The van der Waals surface area contributed by atoms with Crippen LogP contribution < -0.4 is 11.1 Å². The second-order valence-electron chi connectivity index (χ2n) is 6.74. The molecule has 1 aliphatic rings. The van der Waals surface area contributed by atoms with Crippen molar-refractivity contribution in [3.05, 3.63) is 47.1 Å². The normalized spacial score (nSPS) is 17.6. The van der Waals surface area contributed by atoms with Crippen LogP contribution in [0.15, 0.2) is 28.8 Å². The summed E-state index contributed by atoms with van der Waals surface area (Å²) in [5, 5.41) is 7.04. The van der Waals surface area contributed by atoms with E-state index in [1.165, 1.54) is 12.5 Å². The number of aromatic nitrogens is 2. The average Bonchev–Trinajstić information content (AvgIpc) is 3.17. The predicted molar refractivity (Wildman–Crippen MR) is 90.1 cm³/mol. The molecule has 3 rings (SSSR count). The lowest BCUT2D eigenvalue weighted by atomic mass is 9.98. The third-order valence-corrected chi connectivity index (χ3v) is 4.65. The summed E-state index contributed by atoms with van der Waals surface area (Å²) in [4.78, 5) is 16.1. The molecule has 2 aromatic rings. The first-order chi connectivity index (χ1) is 11.5. The summed E-state index contributed by atoms with van der Waals surface area (Å²) in [5.74, 6) is 0.993. The van der Waals surface area contributed by atoms with Crippen molar-refractivity contribution < 1.29 is 9.32 Å². The van der Waals surface area contributed by atoms with Crippen molar-refractivity contribution in [3.63, 3.8) is 0 Å². The van der Waals surface area contributed by atoms with Gasteiger partial charge in [-0.2, -0.15) is 4.98 Å². The quantitative estimate of drug-likeness (QED) is 0.879. The molecule has 3 N–H and O–H groups in total. The van der Waals surface area contributed by atoms with E-state index in [1.54, 1.807) is 0 Å². The van der Waals surface area contributed by atoms with Gasteiger partial charge in [0.25, 0.3) is 0 Å². The van der Waals surface area contributed by atoms with Gasteiger partial charge in [0.2, 0.25) is 11.8 Å². The van der Waals surface area contributed by atoms with Gasteiger partial charge in [-0.05, 0) is 25.3 Å². The van der Waals surface area contributed by atoms with Gasteiger partial charge in [0.15, 0.2) is 5.82 Å². The van der Waals surface area contributed by atoms with Crippen molar-refractivity contribution in [2.45, 2.75) is 57.5 Å². The number of carbonyl (C=O) groups excluding carboxylic acids is 1. The second-order valence-corrected chi connectivity index (χ2v) is 6.74. The van der Waals surface area contributed by atoms with Crippen molar-refractivity contribution in [2.24, 2.45) is 5.73 Å². The molecule has 1 aromatic carbocycles. The Morgan fingerprint density at radius 3 is 2.62 bits per heavy atom. The summed E-state index contributed by atoms with van der Waals surface area (Å²) in [6.45, 7) is 3.54. The summed E-state index contributed by atoms with van der Waals surface area (Å²) in [6, 6.07) is 7.87. The van der Waals surface area contributed by atoms with Crippen LogP contribution in [0.3, 0.4) is 0 Å². The monoisotopic (exact) mass is 328 g/mol. The molecule has 6 nitrogen and oxygen atoms in total. The molecule has 1 atom stereocenters. The van der Waals surface area contributed by atoms with Gasteiger partial charge in [-0.25, -0.2) is 0 Å². The molecule has 0 spiro atoms. The Morgan fingerprint density at radius 2 is 2.00 bits per heavy atom. The van der Waals surface area contributed by atoms with Crippen LogP contribution in [0.5, 0.6) is 0 Å². The standard InChI is InChI=1S/C18H24N4O2/c1-12-5-7-14(8-6-12)15(20-13(2)23)11-16-21-17(22-24-16)18(19)9-3-4-10-18/h5-8,15H,3-4,9-11,19H2,1-2H3,(H,20,23). The van der Waals surface area contributed by atoms with Gasteiger partial charge in [-0.1, -0.05) is 47.8 Å². The minimum Gasteiger partial charge on any atom is -0.349 e. The highest BCUT2D eigenvalue weighted by atomic mass is 16.5. The van der Waals surface area contributed by atoms with Crippen LogP contribution in [0.1, 0.15) is 61.5 Å². The predicted octanol–water partition coefficient (Wildman–Crippen LogP) is 2.53. The Kier molecular flexibility index (Phi) is 4.66. The van der Waals surface area contributed by atoms with E-state index in [0.29, 0.717) is 18.1 Å². The van der Waals surface area contributed by atoms with Gasteiger partial charge in [0.05, 0.1) is 18.0 Å². The lowest BCUT2D eigenvalue weighted by Crippen LogP contribution is -2.34. The molecule has 1 heterocycles. The van der Waals surface area contributed by atoms with Crippen molar-refractivity contribution in [3.8, 4) is 0 Å². The minimum absolute atomic E-state index is 0.0913. The summed E-state index contributed by atoms with van der Waals surface area (Å²) in [7, 11) is 0. The summed E-state index contributed by atoms with van der Waals surface area (Å²) >= 11 is 0. The number of nitrogens with one attached hydrogen (secondary N) is 1. The maximum atomic E-state index is 11.6. The molecule has 0 saturated heterocycles. The molecule has 1 aromatic heterocycles. The number of aryl methyl sites for hydroxylation is 1. The van der Waals surface area contributed by atoms with E-state index in [0.717, 1.165) is 31.2 Å². The summed E-state index contributed by atoms with van der Waals surface area (Å²) in [5.41, 5.74) is 8.10. The zero-order valence-electron chi connectivity index (χ0n) is 14.2. The van der Waals surface area contributed by atoms with Gasteiger partial charge in [-0.3, -0.25) is 4.79 Å². The number of benzene rings is 1. The lowest BCUT2D eigenvalue weighted by molar-refractivity contribution is -0.119. The van der Waals surface area contributed by atoms with Crippen LogP contribution in [-0.2, 0) is 16.8 Å². The molecule has 0 aliphatic heterocycles. The van der Waals surface area contributed by atoms with E-state index < -0.39 is 5.54 Å². The summed E-state index contributed by atoms with van der Waals surface area (Å²) in [6.07, 6.45) is 4.42. The molecule has 0 bridgehead atoms. The van der Waals surface area contributed by atoms with Gasteiger partial charge in [-0.15, -0.1) is 0 Å². The van der Waals surface area contributed by atoms with Crippen molar-refractivity contribution in [1.29, 1.82) is 0 Å². The number of nitrogens with zero attached hydrogens (tertiary/aromatic N) is 2. The van der Waals surface area contributed by atoms with E-state index in [4.69, 9.17) is 10.3 Å². The first-order valence-corrected chi connectivity index (χ1v) is 8.42. The van der Waals surface area contributed by atoms with Gasteiger partial charge >= 0.3 is 0 Å². The molecule has 24 heavy (non-hydrogen) atoms. The molecule has 1 saturated carbocycles. The van der Waals surface area contributed by atoms with Crippen LogP contribution in [0.4, 0.5) is 0 Å². The van der Waals surface area contributed by atoms with Crippen molar-refractivity contribution in [2.75, 3.05) is 0 Å². The highest BCUT2D eigenvalue weighted by molar-refractivity contribution is 5.73. The number of hydrogen-bond donors (Lipinski definition) is 2. The highest BCUT2D eigenvalue weighted by Crippen LogP contribution is 2.34. The largest absolute Gasteiger partial charge is 0.349 e. The third-order valence-electron chi connectivity index (χ3n) is 4.65. The van der Waals surface area contributed by atoms with Crippen molar-refractivity contribution >= 4 is 5.91 Å². The third kappa shape index (κ3) is 3.64. The molecule has 0 radical (unpaired) electrons. The fourth-order valence-corrected chi connectivity index (χ4v) is 3.24. The molecular formula is C18H24N4O2. The Labute approximate surface area is 141 Å². The Hall–Kier alpha value is -2.21. The lowest BCUT2D eigenvalue weighted by Gasteiger charge is -2.18. The average molecular weight is 328 g/mol. The van der Waals surface area contributed by atoms with Crippen LogP contribution in [0, 0.1) is 6.92 Å². The second kappa shape index (κ2) is 6.73. The van der Waals surface area contributed by atoms with Gasteiger partial charge < -0.3 is 15.6 Å². The first kappa shape index (κ1) is 16.6. The smallest absolute Gasteiger partial charge is 0.229 e. The van der Waals surface area contributed by atoms with Crippen LogP contribution in [-0.4, -0.2) is 16.0 Å². The molecule has 128 valence electrons. The molecule has 1 unspecified atom stereocenters. The molecule has 1 amide bonds. The molecule has 1 fully saturated rings. The van der Waals surface area contributed by atoms with E-state index in [2.05, 4.69) is 15.5 Å². The topological polar surface area (TPSA) is 94.0 Å². The van der Waals surface area contributed by atoms with E-state index >= 15 is 0 Å². The zero-order valence-corrected chi connectivity index (χ0v) is 14.2. The number of nitrogens with two attached hydrogens (primary N) is 1. The van der Waals surface area contributed by atoms with E-state index in [9.17, 15) is 4.79 Å². The van der Waals surface area contributed by atoms with E-state index in [1.807, 2.05) is 31.2 Å². The maximum absolute atomic E-state index is 11.6. The Morgan fingerprint density at radius 1 is 1.33 bits per heavy atom. The fourth-order valence-electron chi connectivity index (χ4n) is 3.24. The molecule has 6 heteroatoms. The molecular weight excluding hydrogens is 304 g/mol. The SMILES string of the molecule is CC(=O)NC(Cc1nc(C2(N)CCCC2)no1)c1ccc(C)cc1. The van der Waals surface area contributed by atoms with Gasteiger partial charge in [0, 0.05) is 6.92 Å². The maximum Gasteiger partial charge on any atom is 0.229 e. The highest BCUT2D eigenvalue weighted by Gasteiger charge is 2.36. The zero-order chi connectivity index (χ0) is 17.2. The number of rotatable bonds is 5. The number of hydrogen-bond acceptors (Lipinski definition) is 5. The van der Waals surface area contributed by atoms with Crippen LogP contribution >= 0.6 is 0 Å².